The summed E-state index contributed by atoms with van der Waals surface area (Å²) in [6.07, 6.45) is 1.15. The van der Waals surface area contributed by atoms with Gasteiger partial charge in [0.15, 0.2) is 0 Å². The molecule has 3 atom stereocenters. The number of hydrogen-bond donors (Lipinski definition) is 4. The zero-order valence-electron chi connectivity index (χ0n) is 10.1. The predicted molar refractivity (Wildman–Crippen MR) is 61.1 cm³/mol. The number of carbonyl (C=O) groups excluding carboxylic acids is 2. The van der Waals surface area contributed by atoms with Gasteiger partial charge in [-0.2, -0.15) is 5.53 Å². The Balaban J connectivity index is 2.07. The van der Waals surface area contributed by atoms with E-state index in [1.807, 2.05) is 10.7 Å². The average Bonchev–Trinajstić information content (AvgIpc) is 2.96. The quantitative estimate of drug-likeness (QED) is 0.411. The van der Waals surface area contributed by atoms with E-state index in [-0.39, 0.29) is 18.5 Å². The topological polar surface area (TPSA) is 135 Å². The van der Waals surface area contributed by atoms with Gasteiger partial charge in [0.1, 0.15) is 12.6 Å². The molecule has 0 radical (unpaired) electrons. The molecule has 2 rings (SSSR count). The van der Waals surface area contributed by atoms with Crippen molar-refractivity contribution in [3.05, 3.63) is 0 Å². The molecule has 2 aliphatic rings. The number of hydrogen-bond acceptors (Lipinski definition) is 5. The van der Waals surface area contributed by atoms with Crippen LogP contribution in [0.4, 0.5) is 4.79 Å². The largest absolute Gasteiger partial charge is 0.465 e. The molecule has 9 heteroatoms. The van der Waals surface area contributed by atoms with Gasteiger partial charge in [-0.25, -0.2) is 10.2 Å². The smallest absolute Gasteiger partial charge is 0.405 e. The summed E-state index contributed by atoms with van der Waals surface area (Å²) in [5.74, 6) is -0.828. The summed E-state index contributed by atoms with van der Waals surface area (Å²) < 4.78 is 0. The Morgan fingerprint density at radius 3 is 2.74 bits per heavy atom. The number of rotatable bonds is 4. The number of amides is 3. The van der Waals surface area contributed by atoms with E-state index >= 15 is 0 Å². The van der Waals surface area contributed by atoms with E-state index in [1.54, 1.807) is 0 Å². The Labute approximate surface area is 108 Å². The van der Waals surface area contributed by atoms with Crippen LogP contribution in [0, 0.1) is 11.4 Å². The molecule has 104 valence electrons. The van der Waals surface area contributed by atoms with E-state index < -0.39 is 23.9 Å². The van der Waals surface area contributed by atoms with Crippen molar-refractivity contribution in [3.63, 3.8) is 0 Å². The Kier molecular flexibility index (Phi) is 3.63. The first kappa shape index (κ1) is 13.2. The molecule has 1 saturated heterocycles. The third kappa shape index (κ3) is 2.49. The molecular weight excluding hydrogens is 254 g/mol. The highest BCUT2D eigenvalue weighted by atomic mass is 16.4. The van der Waals surface area contributed by atoms with Crippen LogP contribution in [-0.2, 0) is 9.59 Å². The Hall–Kier alpha value is -2.19. The molecule has 1 aliphatic carbocycles. The number of nitrogens with one attached hydrogen (secondary N) is 3. The minimum Gasteiger partial charge on any atom is -0.465 e. The summed E-state index contributed by atoms with van der Waals surface area (Å²) in [4.78, 5) is 35.7. The summed E-state index contributed by atoms with van der Waals surface area (Å²) >= 11 is 0. The lowest BCUT2D eigenvalue weighted by Gasteiger charge is -2.33. The third-order valence-corrected chi connectivity index (χ3v) is 3.70. The van der Waals surface area contributed by atoms with E-state index in [1.165, 1.54) is 4.90 Å². The van der Waals surface area contributed by atoms with Gasteiger partial charge < -0.3 is 15.3 Å². The molecule has 1 saturated carbocycles. The Morgan fingerprint density at radius 1 is 1.37 bits per heavy atom. The standard InChI is InChI=1S/C10H15N5O4/c11-14-13-9(17)8-5-1-2-6(3-5)15(8)7(16)4-12-10(18)19/h5-6,8,12H,1-4H2,(H,18,19)(H2,11,13,17)/t5?,6?,8-/m0/s1. The fourth-order valence-electron chi connectivity index (χ4n) is 3.05. The Bertz CT molecular complexity index is 426. The lowest BCUT2D eigenvalue weighted by molar-refractivity contribution is -0.142. The highest BCUT2D eigenvalue weighted by Crippen LogP contribution is 2.42. The van der Waals surface area contributed by atoms with Gasteiger partial charge in [0.2, 0.25) is 5.91 Å². The first-order valence-corrected chi connectivity index (χ1v) is 5.99. The van der Waals surface area contributed by atoms with Crippen molar-refractivity contribution in [2.24, 2.45) is 11.1 Å². The van der Waals surface area contributed by atoms with Gasteiger partial charge in [0.25, 0.3) is 5.91 Å². The van der Waals surface area contributed by atoms with Crippen LogP contribution in [-0.4, -0.2) is 46.5 Å². The fourth-order valence-corrected chi connectivity index (χ4v) is 3.05. The SMILES string of the molecule is N=NNC(=O)[C@@H]1C2CCC(C2)N1C(=O)CNC(=O)O. The van der Waals surface area contributed by atoms with Crippen molar-refractivity contribution in [1.82, 2.24) is 15.6 Å². The maximum atomic E-state index is 12.0. The van der Waals surface area contributed by atoms with Crippen molar-refractivity contribution in [2.75, 3.05) is 6.54 Å². The zero-order chi connectivity index (χ0) is 14.0. The van der Waals surface area contributed by atoms with Crippen molar-refractivity contribution in [3.8, 4) is 0 Å². The van der Waals surface area contributed by atoms with Gasteiger partial charge in [-0.15, -0.1) is 0 Å². The van der Waals surface area contributed by atoms with Crippen molar-refractivity contribution in [2.45, 2.75) is 31.3 Å². The lowest BCUT2D eigenvalue weighted by atomic mass is 9.98. The van der Waals surface area contributed by atoms with Crippen LogP contribution in [0.2, 0.25) is 0 Å². The molecule has 1 aliphatic heterocycles. The number of nitrogens with zero attached hydrogens (tertiary/aromatic N) is 2. The molecule has 0 spiro atoms. The van der Waals surface area contributed by atoms with Gasteiger partial charge in [0, 0.05) is 6.04 Å². The molecule has 0 aromatic carbocycles. The molecular formula is C10H15N5O4. The molecule has 0 aromatic rings. The Morgan fingerprint density at radius 2 is 2.11 bits per heavy atom. The highest BCUT2D eigenvalue weighted by Gasteiger charge is 2.51. The summed E-state index contributed by atoms with van der Waals surface area (Å²) in [6.45, 7) is -0.347. The summed E-state index contributed by atoms with van der Waals surface area (Å²) in [5, 5.41) is 13.3. The summed E-state index contributed by atoms with van der Waals surface area (Å²) in [5.41, 5.74) is 8.69. The molecule has 19 heavy (non-hydrogen) atoms. The number of fused-ring (bicyclic) bond motifs is 2. The van der Waals surface area contributed by atoms with Crippen molar-refractivity contribution >= 4 is 17.9 Å². The van der Waals surface area contributed by atoms with E-state index in [4.69, 9.17) is 10.6 Å². The van der Waals surface area contributed by atoms with Crippen LogP contribution in [0.25, 0.3) is 0 Å². The average molecular weight is 269 g/mol. The lowest BCUT2D eigenvalue weighted by Crippen LogP contribution is -2.54. The molecule has 1 heterocycles. The molecule has 2 fully saturated rings. The van der Waals surface area contributed by atoms with E-state index in [9.17, 15) is 14.4 Å². The van der Waals surface area contributed by atoms with E-state index in [0.717, 1.165) is 19.3 Å². The van der Waals surface area contributed by atoms with Crippen LogP contribution >= 0.6 is 0 Å². The van der Waals surface area contributed by atoms with Gasteiger partial charge >= 0.3 is 6.09 Å². The third-order valence-electron chi connectivity index (χ3n) is 3.70. The van der Waals surface area contributed by atoms with Crippen molar-refractivity contribution in [1.29, 1.82) is 5.53 Å². The summed E-state index contributed by atoms with van der Waals surface area (Å²) in [7, 11) is 0. The van der Waals surface area contributed by atoms with E-state index in [0.29, 0.717) is 0 Å². The van der Waals surface area contributed by atoms with Gasteiger partial charge in [-0.1, -0.05) is 5.22 Å². The van der Waals surface area contributed by atoms with Crippen LogP contribution in [0.3, 0.4) is 0 Å². The minimum atomic E-state index is -1.28. The number of likely N-dealkylation sites (tertiary alicyclic amines) is 1. The molecule has 2 unspecified atom stereocenters. The van der Waals surface area contributed by atoms with Gasteiger partial charge in [-0.05, 0) is 25.2 Å². The van der Waals surface area contributed by atoms with Crippen molar-refractivity contribution < 1.29 is 19.5 Å². The first-order valence-electron chi connectivity index (χ1n) is 5.99. The monoisotopic (exact) mass is 269 g/mol. The molecule has 9 nitrogen and oxygen atoms in total. The molecule has 0 aromatic heterocycles. The van der Waals surface area contributed by atoms with Gasteiger partial charge in [0.05, 0.1) is 0 Å². The molecule has 2 bridgehead atoms. The molecule has 4 N–H and O–H groups in total. The zero-order valence-corrected chi connectivity index (χ0v) is 10.1. The molecule has 3 amide bonds. The normalized spacial score (nSPS) is 28.0. The van der Waals surface area contributed by atoms with Crippen LogP contribution in [0.5, 0.6) is 0 Å². The maximum absolute atomic E-state index is 12.0. The second-order valence-electron chi connectivity index (χ2n) is 4.72. The fraction of sp³-hybridized carbons (Fsp3) is 0.700. The maximum Gasteiger partial charge on any atom is 0.405 e. The summed E-state index contributed by atoms with van der Waals surface area (Å²) in [6, 6.07) is -0.662. The van der Waals surface area contributed by atoms with Crippen LogP contribution < -0.4 is 10.7 Å². The first-order chi connectivity index (χ1) is 9.04. The highest BCUT2D eigenvalue weighted by molar-refractivity contribution is 5.90. The van der Waals surface area contributed by atoms with Crippen LogP contribution in [0.15, 0.2) is 5.22 Å². The number of carbonyl (C=O) groups is 3. The number of carboxylic acid groups (broad SMARTS) is 1. The van der Waals surface area contributed by atoms with Gasteiger partial charge in [-0.3, -0.25) is 9.59 Å². The second-order valence-corrected chi connectivity index (χ2v) is 4.72. The minimum absolute atomic E-state index is 0.0189. The van der Waals surface area contributed by atoms with Crippen LogP contribution in [0.1, 0.15) is 19.3 Å². The predicted octanol–water partition coefficient (Wildman–Crippen LogP) is -0.304. The second kappa shape index (κ2) is 5.21. The number of piperidine rings is 1. The van der Waals surface area contributed by atoms with E-state index in [2.05, 4.69) is 5.22 Å².